The molecular weight excluding hydrogens is 348 g/mol. The average Bonchev–Trinajstić information content (AvgIpc) is 3.11. The summed E-state index contributed by atoms with van der Waals surface area (Å²) in [4.78, 5) is 26.3. The van der Waals surface area contributed by atoms with Gasteiger partial charge in [-0.2, -0.15) is 0 Å². The molecule has 1 N–H and O–H groups in total. The van der Waals surface area contributed by atoms with Crippen molar-refractivity contribution in [2.45, 2.75) is 51.9 Å². The first-order valence-corrected chi connectivity index (χ1v) is 9.26. The number of amides is 2. The van der Waals surface area contributed by atoms with Crippen molar-refractivity contribution in [1.29, 1.82) is 0 Å². The summed E-state index contributed by atoms with van der Waals surface area (Å²) in [6.45, 7) is 6.74. The molecule has 2 rings (SSSR count). The fourth-order valence-electron chi connectivity index (χ4n) is 2.78. The largest absolute Gasteiger partial charge is 0.497 e. The molecule has 150 valence electrons. The topological polar surface area (TPSA) is 77.1 Å². The highest BCUT2D eigenvalue weighted by atomic mass is 16.6. The average molecular weight is 378 g/mol. The Hall–Kier alpha value is -2.28. The summed E-state index contributed by atoms with van der Waals surface area (Å²) in [6, 6.07) is 7.47. The van der Waals surface area contributed by atoms with E-state index in [4.69, 9.17) is 14.2 Å². The van der Waals surface area contributed by atoms with E-state index in [9.17, 15) is 9.59 Å². The summed E-state index contributed by atoms with van der Waals surface area (Å²) in [5.41, 5.74) is 0.300. The van der Waals surface area contributed by atoms with Gasteiger partial charge in [-0.3, -0.25) is 9.69 Å². The lowest BCUT2D eigenvalue weighted by Crippen LogP contribution is -2.46. The molecule has 1 aromatic rings. The highest BCUT2D eigenvalue weighted by molar-refractivity contribution is 5.82. The molecule has 1 aliphatic heterocycles. The van der Waals surface area contributed by atoms with E-state index in [0.29, 0.717) is 19.7 Å². The van der Waals surface area contributed by atoms with Gasteiger partial charge in [0, 0.05) is 13.2 Å². The summed E-state index contributed by atoms with van der Waals surface area (Å²) < 4.78 is 16.2. The molecule has 2 amide bonds. The molecule has 7 heteroatoms. The third-order valence-electron chi connectivity index (χ3n) is 4.06. The van der Waals surface area contributed by atoms with Crippen molar-refractivity contribution in [2.24, 2.45) is 0 Å². The van der Waals surface area contributed by atoms with Crippen LogP contribution in [0.2, 0.25) is 0 Å². The van der Waals surface area contributed by atoms with E-state index < -0.39 is 11.7 Å². The van der Waals surface area contributed by atoms with Gasteiger partial charge in [0.25, 0.3) is 0 Å². The van der Waals surface area contributed by atoms with Crippen LogP contribution in [0.3, 0.4) is 0 Å². The second-order valence-corrected chi connectivity index (χ2v) is 7.62. The van der Waals surface area contributed by atoms with E-state index in [1.165, 1.54) is 4.90 Å². The van der Waals surface area contributed by atoms with Gasteiger partial charge in [-0.25, -0.2) is 4.79 Å². The standard InChI is InChI=1S/C20H30N2O5/c1-20(2,3)27-19(24)22(13-17-9-6-10-26-17)14-18(23)21-12-15-7-5-8-16(11-15)25-4/h5,7-8,11,17H,6,9-10,12-14H2,1-4H3,(H,21,23)/t17-/m0/s1. The highest BCUT2D eigenvalue weighted by Crippen LogP contribution is 2.16. The molecule has 0 unspecified atom stereocenters. The highest BCUT2D eigenvalue weighted by Gasteiger charge is 2.28. The van der Waals surface area contributed by atoms with Crippen LogP contribution >= 0.6 is 0 Å². The molecule has 0 spiro atoms. The molecule has 1 fully saturated rings. The quantitative estimate of drug-likeness (QED) is 0.789. The van der Waals surface area contributed by atoms with Crippen LogP contribution in [0, 0.1) is 0 Å². The lowest BCUT2D eigenvalue weighted by atomic mass is 10.2. The maximum absolute atomic E-state index is 12.5. The first kappa shape index (κ1) is 21.0. The molecule has 0 radical (unpaired) electrons. The minimum atomic E-state index is -0.622. The van der Waals surface area contributed by atoms with Crippen molar-refractivity contribution < 1.29 is 23.8 Å². The van der Waals surface area contributed by atoms with Crippen LogP contribution in [-0.2, 0) is 20.8 Å². The summed E-state index contributed by atoms with van der Waals surface area (Å²) >= 11 is 0. The number of benzene rings is 1. The Labute approximate surface area is 161 Å². The van der Waals surface area contributed by atoms with Gasteiger partial charge < -0.3 is 19.5 Å². The van der Waals surface area contributed by atoms with Crippen LogP contribution in [0.1, 0.15) is 39.2 Å². The van der Waals surface area contributed by atoms with E-state index in [2.05, 4.69) is 5.32 Å². The van der Waals surface area contributed by atoms with Crippen LogP contribution in [0.5, 0.6) is 5.75 Å². The number of hydrogen-bond acceptors (Lipinski definition) is 5. The summed E-state index contributed by atoms with van der Waals surface area (Å²) in [5, 5.41) is 2.84. The molecular formula is C20H30N2O5. The van der Waals surface area contributed by atoms with Crippen molar-refractivity contribution >= 4 is 12.0 Å². The molecule has 1 saturated heterocycles. The predicted molar refractivity (Wildman–Crippen MR) is 102 cm³/mol. The second kappa shape index (κ2) is 9.60. The van der Waals surface area contributed by atoms with Gasteiger partial charge in [0.05, 0.1) is 19.8 Å². The van der Waals surface area contributed by atoms with Crippen molar-refractivity contribution in [3.05, 3.63) is 29.8 Å². The Bertz CT molecular complexity index is 636. The van der Waals surface area contributed by atoms with Crippen LogP contribution in [-0.4, -0.2) is 55.4 Å². The lowest BCUT2D eigenvalue weighted by Gasteiger charge is -2.28. The van der Waals surface area contributed by atoms with Crippen LogP contribution < -0.4 is 10.1 Å². The minimum absolute atomic E-state index is 0.0521. The first-order valence-electron chi connectivity index (χ1n) is 9.26. The molecule has 0 aromatic heterocycles. The number of hydrogen-bond donors (Lipinski definition) is 1. The first-order chi connectivity index (χ1) is 12.8. The van der Waals surface area contributed by atoms with Gasteiger partial charge in [0.15, 0.2) is 0 Å². The minimum Gasteiger partial charge on any atom is -0.497 e. The number of carbonyl (C=O) groups excluding carboxylic acids is 2. The zero-order chi connectivity index (χ0) is 19.9. The van der Waals surface area contributed by atoms with Gasteiger partial charge >= 0.3 is 6.09 Å². The molecule has 0 bridgehead atoms. The number of nitrogens with zero attached hydrogens (tertiary/aromatic N) is 1. The zero-order valence-electron chi connectivity index (χ0n) is 16.6. The van der Waals surface area contributed by atoms with Gasteiger partial charge in [-0.05, 0) is 51.3 Å². The molecule has 0 saturated carbocycles. The Kier molecular flexibility index (Phi) is 7.47. The summed E-state index contributed by atoms with van der Waals surface area (Å²) in [7, 11) is 1.60. The maximum atomic E-state index is 12.5. The number of rotatable bonds is 7. The Morgan fingerprint density at radius 2 is 2.11 bits per heavy atom. The van der Waals surface area contributed by atoms with E-state index in [0.717, 1.165) is 24.2 Å². The normalized spacial score (nSPS) is 16.7. The number of carbonyl (C=O) groups is 2. The fourth-order valence-corrected chi connectivity index (χ4v) is 2.78. The summed E-state index contributed by atoms with van der Waals surface area (Å²) in [5.74, 6) is 0.484. The van der Waals surface area contributed by atoms with Gasteiger partial charge in [-0.1, -0.05) is 12.1 Å². The monoisotopic (exact) mass is 378 g/mol. The second-order valence-electron chi connectivity index (χ2n) is 7.62. The number of methoxy groups -OCH3 is 1. The number of nitrogens with one attached hydrogen (secondary N) is 1. The van der Waals surface area contributed by atoms with Gasteiger partial charge in [0.1, 0.15) is 17.9 Å². The molecule has 0 aliphatic carbocycles. The van der Waals surface area contributed by atoms with E-state index >= 15 is 0 Å². The maximum Gasteiger partial charge on any atom is 0.410 e. The van der Waals surface area contributed by atoms with E-state index in [1.807, 2.05) is 24.3 Å². The fraction of sp³-hybridized carbons (Fsp3) is 0.600. The van der Waals surface area contributed by atoms with E-state index in [-0.39, 0.29) is 18.6 Å². The number of ether oxygens (including phenoxy) is 3. The molecule has 27 heavy (non-hydrogen) atoms. The van der Waals surface area contributed by atoms with Crippen molar-refractivity contribution in [1.82, 2.24) is 10.2 Å². The van der Waals surface area contributed by atoms with Crippen molar-refractivity contribution in [3.8, 4) is 5.75 Å². The van der Waals surface area contributed by atoms with Crippen molar-refractivity contribution in [3.63, 3.8) is 0 Å². The third kappa shape index (κ3) is 7.46. The van der Waals surface area contributed by atoms with Crippen LogP contribution in [0.25, 0.3) is 0 Å². The van der Waals surface area contributed by atoms with Crippen molar-refractivity contribution in [2.75, 3.05) is 26.8 Å². The summed E-state index contributed by atoms with van der Waals surface area (Å²) in [6.07, 6.45) is 1.29. The third-order valence-corrected chi connectivity index (χ3v) is 4.06. The van der Waals surface area contributed by atoms with Crippen LogP contribution in [0.4, 0.5) is 4.79 Å². The smallest absolute Gasteiger partial charge is 0.410 e. The molecule has 1 aliphatic rings. The molecule has 1 atom stereocenters. The Morgan fingerprint density at radius 1 is 1.33 bits per heavy atom. The Morgan fingerprint density at radius 3 is 2.74 bits per heavy atom. The van der Waals surface area contributed by atoms with Gasteiger partial charge in [0.2, 0.25) is 5.91 Å². The van der Waals surface area contributed by atoms with E-state index in [1.54, 1.807) is 27.9 Å². The Balaban J connectivity index is 1.93. The zero-order valence-corrected chi connectivity index (χ0v) is 16.6. The lowest BCUT2D eigenvalue weighted by molar-refractivity contribution is -0.122. The predicted octanol–water partition coefficient (Wildman–Crippen LogP) is 2.73. The van der Waals surface area contributed by atoms with Crippen LogP contribution in [0.15, 0.2) is 24.3 Å². The molecule has 7 nitrogen and oxygen atoms in total. The molecule has 1 heterocycles. The van der Waals surface area contributed by atoms with Gasteiger partial charge in [-0.15, -0.1) is 0 Å². The molecule has 1 aromatic carbocycles. The SMILES string of the molecule is COc1cccc(CNC(=O)CN(C[C@@H]2CCCO2)C(=O)OC(C)(C)C)c1.